The molecule has 2 aromatic rings. The van der Waals surface area contributed by atoms with Crippen molar-refractivity contribution in [2.45, 2.75) is 30.9 Å². The average molecular weight is 385 g/mol. The molecule has 1 unspecified atom stereocenters. The minimum atomic E-state index is -0.123. The van der Waals surface area contributed by atoms with Crippen LogP contribution in [0.15, 0.2) is 48.5 Å². The minimum Gasteiger partial charge on any atom is -0.508 e. The highest BCUT2D eigenvalue weighted by Gasteiger charge is 2.23. The Morgan fingerprint density at radius 3 is 2.78 bits per heavy atom. The molecule has 0 radical (unpaired) electrons. The van der Waals surface area contributed by atoms with Gasteiger partial charge in [0.2, 0.25) is 11.8 Å². The predicted octanol–water partition coefficient (Wildman–Crippen LogP) is 3.13. The number of benzene rings is 2. The molecule has 1 aliphatic heterocycles. The van der Waals surface area contributed by atoms with E-state index >= 15 is 0 Å². The zero-order valence-electron chi connectivity index (χ0n) is 15.1. The maximum absolute atomic E-state index is 12.4. The van der Waals surface area contributed by atoms with E-state index in [0.29, 0.717) is 18.7 Å². The number of nitrogens with one attached hydrogen (secondary N) is 2. The largest absolute Gasteiger partial charge is 0.508 e. The topological polar surface area (TPSA) is 78.4 Å². The number of amides is 2. The van der Waals surface area contributed by atoms with E-state index in [4.69, 9.17) is 0 Å². The van der Waals surface area contributed by atoms with Crippen molar-refractivity contribution in [1.82, 2.24) is 5.32 Å². The van der Waals surface area contributed by atoms with Gasteiger partial charge in [-0.25, -0.2) is 0 Å². The van der Waals surface area contributed by atoms with Gasteiger partial charge in [0.05, 0.1) is 5.25 Å². The van der Waals surface area contributed by atoms with Gasteiger partial charge >= 0.3 is 0 Å². The predicted molar refractivity (Wildman–Crippen MR) is 109 cm³/mol. The minimum absolute atomic E-state index is 0.00130. The smallest absolute Gasteiger partial charge is 0.237 e. The normalized spacial score (nSPS) is 16.1. The lowest BCUT2D eigenvalue weighted by molar-refractivity contribution is -0.120. The number of aryl methyl sites for hydroxylation is 1. The van der Waals surface area contributed by atoms with Crippen molar-refractivity contribution in [2.24, 2.45) is 0 Å². The van der Waals surface area contributed by atoms with E-state index in [0.717, 1.165) is 30.5 Å². The number of carbonyl (C=O) groups excluding carboxylic acids is 2. The van der Waals surface area contributed by atoms with E-state index < -0.39 is 0 Å². The number of hydrogen-bond donors (Lipinski definition) is 3. The highest BCUT2D eigenvalue weighted by atomic mass is 32.2. The van der Waals surface area contributed by atoms with Crippen LogP contribution in [0.25, 0.3) is 0 Å². The summed E-state index contributed by atoms with van der Waals surface area (Å²) in [5.41, 5.74) is 3.13. The number of carbonyl (C=O) groups is 2. The first-order valence-corrected chi connectivity index (χ1v) is 10.2. The highest BCUT2D eigenvalue weighted by molar-refractivity contribution is 8.00. The Bertz CT molecular complexity index is 792. The molecule has 2 amide bonds. The molecule has 0 saturated carbocycles. The Morgan fingerprint density at radius 2 is 1.96 bits per heavy atom. The Morgan fingerprint density at radius 1 is 1.19 bits per heavy atom. The van der Waals surface area contributed by atoms with Crippen LogP contribution in [0.5, 0.6) is 5.75 Å². The summed E-state index contributed by atoms with van der Waals surface area (Å²) in [4.78, 5) is 24.3. The number of aromatic hydroxyl groups is 1. The second-order valence-electron chi connectivity index (χ2n) is 6.56. The monoisotopic (exact) mass is 384 g/mol. The molecule has 27 heavy (non-hydrogen) atoms. The van der Waals surface area contributed by atoms with Crippen molar-refractivity contribution < 1.29 is 14.7 Å². The third kappa shape index (κ3) is 5.76. The number of thioether (sulfide) groups is 1. The number of anilines is 1. The van der Waals surface area contributed by atoms with Gasteiger partial charge in [-0.05, 0) is 48.6 Å². The van der Waals surface area contributed by atoms with Crippen molar-refractivity contribution in [3.8, 4) is 5.75 Å². The molecule has 0 bridgehead atoms. The molecule has 2 aromatic carbocycles. The van der Waals surface area contributed by atoms with Crippen LogP contribution in [0.1, 0.15) is 24.0 Å². The second-order valence-corrected chi connectivity index (χ2v) is 7.87. The van der Waals surface area contributed by atoms with Gasteiger partial charge in [-0.3, -0.25) is 9.59 Å². The van der Waals surface area contributed by atoms with Crippen molar-refractivity contribution in [2.75, 3.05) is 17.6 Å². The van der Waals surface area contributed by atoms with Crippen LogP contribution in [0, 0.1) is 0 Å². The van der Waals surface area contributed by atoms with Crippen molar-refractivity contribution in [1.29, 1.82) is 0 Å². The van der Waals surface area contributed by atoms with Crippen LogP contribution in [0.4, 0.5) is 5.69 Å². The number of phenolic OH excluding ortho intramolecular Hbond substituents is 1. The third-order valence-electron chi connectivity index (χ3n) is 4.56. The first-order valence-electron chi connectivity index (χ1n) is 9.17. The lowest BCUT2D eigenvalue weighted by Gasteiger charge is -2.12. The molecule has 1 aliphatic rings. The zero-order valence-corrected chi connectivity index (χ0v) is 15.9. The fraction of sp³-hybridized carbons (Fsp3) is 0.333. The summed E-state index contributed by atoms with van der Waals surface area (Å²) in [6.07, 6.45) is 2.78. The van der Waals surface area contributed by atoms with Crippen LogP contribution >= 0.6 is 11.8 Å². The van der Waals surface area contributed by atoms with E-state index in [-0.39, 0.29) is 22.8 Å². The van der Waals surface area contributed by atoms with E-state index in [1.165, 1.54) is 5.56 Å². The molecule has 0 fully saturated rings. The highest BCUT2D eigenvalue weighted by Crippen LogP contribution is 2.27. The fourth-order valence-corrected chi connectivity index (χ4v) is 4.12. The van der Waals surface area contributed by atoms with Gasteiger partial charge in [0, 0.05) is 24.4 Å². The molecule has 6 heteroatoms. The van der Waals surface area contributed by atoms with Crippen LogP contribution in [-0.4, -0.2) is 34.5 Å². The molecular weight excluding hydrogens is 360 g/mol. The molecule has 0 spiro atoms. The lowest BCUT2D eigenvalue weighted by Crippen LogP contribution is -2.27. The Hall–Kier alpha value is -2.47. The molecule has 0 aliphatic carbocycles. The summed E-state index contributed by atoms with van der Waals surface area (Å²) in [5.74, 6) is 0.890. The lowest BCUT2D eigenvalue weighted by atomic mass is 10.1. The number of phenols is 1. The Labute approximate surface area is 163 Å². The molecule has 3 N–H and O–H groups in total. The third-order valence-corrected chi connectivity index (χ3v) is 5.86. The number of para-hydroxylation sites is 1. The SMILES string of the molecule is O=C(CCSC1CCc2ccccc2NC1=O)NCCc1ccc(O)cc1. The summed E-state index contributed by atoms with van der Waals surface area (Å²) in [7, 11) is 0. The molecule has 0 saturated heterocycles. The fourth-order valence-electron chi connectivity index (χ4n) is 3.04. The second kappa shape index (κ2) is 9.46. The van der Waals surface area contributed by atoms with E-state index in [2.05, 4.69) is 10.6 Å². The molecule has 1 atom stereocenters. The van der Waals surface area contributed by atoms with Crippen molar-refractivity contribution in [3.63, 3.8) is 0 Å². The quantitative estimate of drug-likeness (QED) is 0.685. The van der Waals surface area contributed by atoms with Gasteiger partial charge in [-0.2, -0.15) is 0 Å². The molecule has 142 valence electrons. The molecular formula is C21H24N2O3S. The molecule has 0 aromatic heterocycles. The summed E-state index contributed by atoms with van der Waals surface area (Å²) in [5, 5.41) is 15.0. The maximum atomic E-state index is 12.4. The summed E-state index contributed by atoms with van der Waals surface area (Å²) < 4.78 is 0. The average Bonchev–Trinajstić information content (AvgIpc) is 2.82. The Kier molecular flexibility index (Phi) is 6.76. The van der Waals surface area contributed by atoms with Gasteiger partial charge in [-0.15, -0.1) is 11.8 Å². The van der Waals surface area contributed by atoms with Crippen molar-refractivity contribution >= 4 is 29.3 Å². The molecule has 3 rings (SSSR count). The number of hydrogen-bond acceptors (Lipinski definition) is 4. The number of rotatable bonds is 7. The van der Waals surface area contributed by atoms with Crippen LogP contribution in [0.3, 0.4) is 0 Å². The van der Waals surface area contributed by atoms with Crippen molar-refractivity contribution in [3.05, 3.63) is 59.7 Å². The maximum Gasteiger partial charge on any atom is 0.237 e. The zero-order chi connectivity index (χ0) is 19.1. The van der Waals surface area contributed by atoms with E-state index in [1.54, 1.807) is 23.9 Å². The van der Waals surface area contributed by atoms with Gasteiger partial charge < -0.3 is 15.7 Å². The van der Waals surface area contributed by atoms with E-state index in [9.17, 15) is 14.7 Å². The van der Waals surface area contributed by atoms with Gasteiger partial charge in [-0.1, -0.05) is 30.3 Å². The standard InChI is InChI=1S/C21H24N2O3S/c24-17-8-5-15(6-9-17)11-13-22-20(25)12-14-27-19-10-7-16-3-1-2-4-18(16)23-21(19)26/h1-6,8-9,19,24H,7,10-14H2,(H,22,25)(H,23,26). The summed E-state index contributed by atoms with van der Waals surface area (Å²) in [6, 6.07) is 14.9. The first kappa shape index (κ1) is 19.3. The van der Waals surface area contributed by atoms with E-state index in [1.807, 2.05) is 36.4 Å². The summed E-state index contributed by atoms with van der Waals surface area (Å²) >= 11 is 1.55. The summed E-state index contributed by atoms with van der Waals surface area (Å²) in [6.45, 7) is 0.563. The molecule has 5 nitrogen and oxygen atoms in total. The van der Waals surface area contributed by atoms with Gasteiger partial charge in [0.15, 0.2) is 0 Å². The number of fused-ring (bicyclic) bond motifs is 1. The Balaban J connectivity index is 1.36. The van der Waals surface area contributed by atoms with Gasteiger partial charge in [0.1, 0.15) is 5.75 Å². The first-order chi connectivity index (χ1) is 13.1. The van der Waals surface area contributed by atoms with Crippen LogP contribution < -0.4 is 10.6 Å². The van der Waals surface area contributed by atoms with Crippen LogP contribution in [0.2, 0.25) is 0 Å². The van der Waals surface area contributed by atoms with Crippen LogP contribution in [-0.2, 0) is 22.4 Å². The van der Waals surface area contributed by atoms with Gasteiger partial charge in [0.25, 0.3) is 0 Å². The molecule has 1 heterocycles.